The van der Waals surface area contributed by atoms with Crippen LogP contribution in [0.5, 0.6) is 0 Å². The molecule has 0 radical (unpaired) electrons. The summed E-state index contributed by atoms with van der Waals surface area (Å²) in [6.45, 7) is 10.4. The van der Waals surface area contributed by atoms with Crippen molar-refractivity contribution < 1.29 is 13.9 Å². The van der Waals surface area contributed by atoms with Gasteiger partial charge in [0, 0.05) is 41.5 Å². The van der Waals surface area contributed by atoms with Gasteiger partial charge in [0.2, 0.25) is 0 Å². The Labute approximate surface area is 204 Å². The van der Waals surface area contributed by atoms with Crippen LogP contribution in [0.25, 0.3) is 23.0 Å². The summed E-state index contributed by atoms with van der Waals surface area (Å²) in [5, 5.41) is 4.57. The number of rotatable bonds is 3. The number of carbonyl (C=O) groups excluding carboxylic acids is 1. The van der Waals surface area contributed by atoms with Crippen molar-refractivity contribution in [3.8, 4) is 11.3 Å². The van der Waals surface area contributed by atoms with Gasteiger partial charge < -0.3 is 21.1 Å². The van der Waals surface area contributed by atoms with Crippen molar-refractivity contribution in [2.24, 2.45) is 11.7 Å². The van der Waals surface area contributed by atoms with Gasteiger partial charge in [0.25, 0.3) is 0 Å². The molecule has 9 heteroatoms. The van der Waals surface area contributed by atoms with Gasteiger partial charge in [-0.1, -0.05) is 0 Å². The molecular weight excluding hydrogens is 447 g/mol. The van der Waals surface area contributed by atoms with E-state index < -0.39 is 11.4 Å². The van der Waals surface area contributed by atoms with Gasteiger partial charge in [-0.3, -0.25) is 0 Å². The van der Waals surface area contributed by atoms with Crippen molar-refractivity contribution in [3.63, 3.8) is 0 Å². The topological polar surface area (TPSA) is 112 Å². The molecule has 0 spiro atoms. The zero-order valence-corrected chi connectivity index (χ0v) is 20.9. The van der Waals surface area contributed by atoms with Crippen LogP contribution >= 0.6 is 0 Å². The molecular formula is C26H33FN6O2. The SMILES string of the molecule is Cc1cn2nc(-c3cc(N)c(/C=C(\N)C4CCN(C(=O)OC(C)(C)C)CC4)c(F)c3)cc(C)c2n1. The molecule has 1 fully saturated rings. The number of allylic oxidation sites excluding steroid dienone is 1. The number of likely N-dealkylation sites (tertiary alicyclic amines) is 1. The number of carbonyl (C=O) groups is 1. The molecule has 1 aromatic carbocycles. The second-order valence-corrected chi connectivity index (χ2v) is 10.2. The van der Waals surface area contributed by atoms with E-state index in [0.717, 1.165) is 16.9 Å². The summed E-state index contributed by atoms with van der Waals surface area (Å²) in [6, 6.07) is 5.01. The van der Waals surface area contributed by atoms with Gasteiger partial charge in [-0.05, 0) is 77.3 Å². The average molecular weight is 481 g/mol. The zero-order chi connectivity index (χ0) is 25.5. The van der Waals surface area contributed by atoms with E-state index in [-0.39, 0.29) is 23.3 Å². The third-order valence-corrected chi connectivity index (χ3v) is 6.12. The number of fused-ring (bicyclic) bond motifs is 1. The molecule has 1 aliphatic heterocycles. The number of nitrogens with zero attached hydrogens (tertiary/aromatic N) is 4. The highest BCUT2D eigenvalue weighted by molar-refractivity contribution is 5.74. The fraction of sp³-hybridized carbons (Fsp3) is 0.423. The Balaban J connectivity index is 1.51. The van der Waals surface area contributed by atoms with Crippen LogP contribution in [-0.2, 0) is 4.74 Å². The van der Waals surface area contributed by atoms with Crippen molar-refractivity contribution in [3.05, 3.63) is 52.7 Å². The maximum atomic E-state index is 15.2. The van der Waals surface area contributed by atoms with Crippen LogP contribution in [0.2, 0.25) is 0 Å². The summed E-state index contributed by atoms with van der Waals surface area (Å²) in [5.74, 6) is -0.432. The van der Waals surface area contributed by atoms with Crippen LogP contribution in [-0.4, -0.2) is 44.3 Å². The Kier molecular flexibility index (Phi) is 6.44. The highest BCUT2D eigenvalue weighted by Crippen LogP contribution is 2.30. The Morgan fingerprint density at radius 3 is 2.51 bits per heavy atom. The van der Waals surface area contributed by atoms with Crippen molar-refractivity contribution in [2.45, 2.75) is 53.1 Å². The number of halogens is 1. The molecule has 3 aromatic rings. The third kappa shape index (κ3) is 5.39. The van der Waals surface area contributed by atoms with Crippen LogP contribution in [0.1, 0.15) is 50.4 Å². The standard InChI is InChI=1S/C26H33FN6O2/c1-15-10-23(31-33-14-16(2)30-24(15)33)18-11-20(27)19(22(29)12-18)13-21(28)17-6-8-32(9-7-17)25(34)35-26(3,4)5/h10-14,17H,6-9,28-29H2,1-5H3/b21-13-. The van der Waals surface area contributed by atoms with Gasteiger partial charge in [0.05, 0.1) is 17.6 Å². The number of nitrogen functional groups attached to an aromatic ring is 1. The Bertz CT molecular complexity index is 1280. The number of imidazole rings is 1. The molecule has 35 heavy (non-hydrogen) atoms. The summed E-state index contributed by atoms with van der Waals surface area (Å²) in [6.07, 6.45) is 4.47. The highest BCUT2D eigenvalue weighted by Gasteiger charge is 2.28. The third-order valence-electron chi connectivity index (χ3n) is 6.12. The molecule has 0 unspecified atom stereocenters. The molecule has 4 rings (SSSR count). The molecule has 3 heterocycles. The largest absolute Gasteiger partial charge is 0.444 e. The number of piperidine rings is 1. The Morgan fingerprint density at radius 1 is 1.20 bits per heavy atom. The van der Waals surface area contributed by atoms with Gasteiger partial charge in [0.15, 0.2) is 5.65 Å². The predicted octanol–water partition coefficient (Wildman–Crippen LogP) is 4.68. The van der Waals surface area contributed by atoms with Crippen molar-refractivity contribution in [1.29, 1.82) is 0 Å². The van der Waals surface area contributed by atoms with Crippen LogP contribution in [0.3, 0.4) is 0 Å². The first kappa shape index (κ1) is 24.5. The first-order valence-corrected chi connectivity index (χ1v) is 11.8. The lowest BCUT2D eigenvalue weighted by atomic mass is 9.92. The van der Waals surface area contributed by atoms with E-state index in [1.54, 1.807) is 21.6 Å². The number of hydrogen-bond donors (Lipinski definition) is 2. The van der Waals surface area contributed by atoms with E-state index in [1.807, 2.05) is 46.9 Å². The molecule has 2 aromatic heterocycles. The Hall–Kier alpha value is -3.62. The van der Waals surface area contributed by atoms with Gasteiger partial charge in [-0.2, -0.15) is 5.10 Å². The van der Waals surface area contributed by atoms with Gasteiger partial charge in [0.1, 0.15) is 11.4 Å². The van der Waals surface area contributed by atoms with Crippen LogP contribution in [0, 0.1) is 25.6 Å². The second kappa shape index (κ2) is 9.20. The minimum Gasteiger partial charge on any atom is -0.444 e. The van der Waals surface area contributed by atoms with Crippen LogP contribution in [0.15, 0.2) is 30.1 Å². The molecule has 4 N–H and O–H groups in total. The number of anilines is 1. The lowest BCUT2D eigenvalue weighted by Gasteiger charge is -2.33. The smallest absolute Gasteiger partial charge is 0.410 e. The molecule has 1 aliphatic rings. The van der Waals surface area contributed by atoms with Gasteiger partial charge >= 0.3 is 6.09 Å². The van der Waals surface area contributed by atoms with Crippen molar-refractivity contribution in [1.82, 2.24) is 19.5 Å². The second-order valence-electron chi connectivity index (χ2n) is 10.2. The Morgan fingerprint density at radius 2 is 1.89 bits per heavy atom. The van der Waals surface area contributed by atoms with E-state index >= 15 is 4.39 Å². The first-order valence-electron chi connectivity index (χ1n) is 11.8. The fourth-order valence-corrected chi connectivity index (χ4v) is 4.33. The molecule has 0 atom stereocenters. The molecule has 0 bridgehead atoms. The number of aryl methyl sites for hydroxylation is 2. The number of aromatic nitrogens is 3. The van der Waals surface area contributed by atoms with E-state index in [9.17, 15) is 4.79 Å². The average Bonchev–Trinajstić information content (AvgIpc) is 3.15. The summed E-state index contributed by atoms with van der Waals surface area (Å²) in [7, 11) is 0. The predicted molar refractivity (Wildman–Crippen MR) is 135 cm³/mol. The highest BCUT2D eigenvalue weighted by atomic mass is 19.1. The summed E-state index contributed by atoms with van der Waals surface area (Å²) < 4.78 is 22.3. The fourth-order valence-electron chi connectivity index (χ4n) is 4.33. The maximum Gasteiger partial charge on any atom is 0.410 e. The summed E-state index contributed by atoms with van der Waals surface area (Å²) >= 11 is 0. The number of benzene rings is 1. The molecule has 1 saturated heterocycles. The number of amides is 1. The minimum atomic E-state index is -0.536. The lowest BCUT2D eigenvalue weighted by Crippen LogP contribution is -2.42. The van der Waals surface area contributed by atoms with Crippen LogP contribution < -0.4 is 11.5 Å². The molecule has 0 aliphatic carbocycles. The van der Waals surface area contributed by atoms with E-state index in [1.165, 1.54) is 6.07 Å². The number of ether oxygens (including phenoxy) is 1. The molecule has 186 valence electrons. The molecule has 1 amide bonds. The normalized spacial score (nSPS) is 15.6. The number of nitrogens with two attached hydrogens (primary N) is 2. The summed E-state index contributed by atoms with van der Waals surface area (Å²) in [4.78, 5) is 18.4. The lowest BCUT2D eigenvalue weighted by molar-refractivity contribution is 0.0194. The van der Waals surface area contributed by atoms with Gasteiger partial charge in [-0.25, -0.2) is 18.7 Å². The number of hydrogen-bond acceptors (Lipinski definition) is 6. The van der Waals surface area contributed by atoms with E-state index in [0.29, 0.717) is 42.9 Å². The minimum absolute atomic E-state index is 0.0309. The van der Waals surface area contributed by atoms with E-state index in [4.69, 9.17) is 16.2 Å². The molecule has 8 nitrogen and oxygen atoms in total. The first-order chi connectivity index (χ1) is 16.4. The van der Waals surface area contributed by atoms with Gasteiger partial charge in [-0.15, -0.1) is 0 Å². The van der Waals surface area contributed by atoms with E-state index in [2.05, 4.69) is 10.1 Å². The summed E-state index contributed by atoms with van der Waals surface area (Å²) in [5.41, 5.74) is 16.9. The van der Waals surface area contributed by atoms with Crippen LogP contribution in [0.4, 0.5) is 14.9 Å². The monoisotopic (exact) mass is 480 g/mol. The quantitative estimate of drug-likeness (QED) is 0.527. The van der Waals surface area contributed by atoms with Crippen molar-refractivity contribution in [2.75, 3.05) is 18.8 Å². The van der Waals surface area contributed by atoms with Crippen molar-refractivity contribution >= 4 is 23.5 Å². The molecule has 0 saturated carbocycles. The zero-order valence-electron chi connectivity index (χ0n) is 20.9. The maximum absolute atomic E-state index is 15.2.